The number of hydrogen-bond donors (Lipinski definition) is 6. The van der Waals surface area contributed by atoms with Gasteiger partial charge in [0.15, 0.2) is 0 Å². The highest BCUT2D eigenvalue weighted by Gasteiger charge is 2.27. The lowest BCUT2D eigenvalue weighted by Gasteiger charge is -2.17. The number of halogens is 1. The first kappa shape index (κ1) is 43.0. The number of imide groups is 1. The average Bonchev–Trinajstić information content (AvgIpc) is 3.42. The molecule has 0 saturated heterocycles. The third-order valence-electron chi connectivity index (χ3n) is 7.73. The van der Waals surface area contributed by atoms with Crippen LogP contribution < -0.4 is 21.4 Å². The summed E-state index contributed by atoms with van der Waals surface area (Å²) in [7, 11) is -4.74. The molecule has 294 valence electrons. The van der Waals surface area contributed by atoms with Crippen LogP contribution in [0.3, 0.4) is 0 Å². The molecule has 1 heterocycles. The van der Waals surface area contributed by atoms with Crippen LogP contribution in [-0.2, 0) is 45.3 Å². The fourth-order valence-electron chi connectivity index (χ4n) is 4.98. The zero-order chi connectivity index (χ0) is 40.9. The van der Waals surface area contributed by atoms with E-state index < -0.39 is 105 Å². The molecule has 1 atom stereocenters. The van der Waals surface area contributed by atoms with Crippen LogP contribution in [0.2, 0.25) is 0 Å². The normalized spacial score (nSPS) is 13.3. The molecule has 6 N–H and O–H groups in total. The van der Waals surface area contributed by atoms with Crippen LogP contribution in [0.5, 0.6) is 0 Å². The standard InChI is InChI=1S/C33H36FN7O13S/c1-19(20-6-7-21(16-31(46)47)24(34)15-20)38-39-32(48)23-9-8-22(17-26(23)41(50)51)36-28(43)12-13-35-33(49)25(18-55(52,53)54)37-27(42)5-3-2-4-14-40-29(44)10-11-30(40)45/h6-11,15,17,25H,2-5,12-14,16,18H2,1H3,(H,35,49)(H,36,43)(H,37,42)(H,39,48)(H,46,47)(H,52,53,54)/b38-19+/t25-/m0/s1. The largest absolute Gasteiger partial charge is 0.481 e. The number of carboxylic acids is 1. The topological polar surface area (TPSA) is 301 Å². The van der Waals surface area contributed by atoms with Crippen LogP contribution in [0.1, 0.15) is 60.5 Å². The molecule has 0 spiro atoms. The first-order valence-electron chi connectivity index (χ1n) is 16.3. The number of amides is 6. The second kappa shape index (κ2) is 19.6. The fraction of sp³-hybridized carbons (Fsp3) is 0.333. The summed E-state index contributed by atoms with van der Waals surface area (Å²) in [5, 5.41) is 31.2. The Kier molecular flexibility index (Phi) is 15.3. The maximum atomic E-state index is 14.3. The second-order valence-electron chi connectivity index (χ2n) is 11.9. The van der Waals surface area contributed by atoms with Crippen LogP contribution in [0.4, 0.5) is 15.8 Å². The van der Waals surface area contributed by atoms with E-state index in [9.17, 15) is 61.0 Å². The third-order valence-corrected chi connectivity index (χ3v) is 8.48. The van der Waals surface area contributed by atoms with E-state index in [0.29, 0.717) is 12.8 Å². The Labute approximate surface area is 312 Å². The van der Waals surface area contributed by atoms with Gasteiger partial charge in [-0.3, -0.25) is 53.1 Å². The Balaban J connectivity index is 1.51. The van der Waals surface area contributed by atoms with Gasteiger partial charge in [-0.05, 0) is 43.5 Å². The Bertz CT molecular complexity index is 2040. The van der Waals surface area contributed by atoms with Gasteiger partial charge >= 0.3 is 5.97 Å². The highest BCUT2D eigenvalue weighted by atomic mass is 32.2. The summed E-state index contributed by atoms with van der Waals surface area (Å²) in [5.41, 5.74) is 1.06. The number of rotatable bonds is 20. The highest BCUT2D eigenvalue weighted by Crippen LogP contribution is 2.24. The van der Waals surface area contributed by atoms with Crippen LogP contribution in [0, 0.1) is 15.9 Å². The Hall–Kier alpha value is -6.42. The number of aliphatic carboxylic acids is 1. The van der Waals surface area contributed by atoms with Gasteiger partial charge in [0.25, 0.3) is 33.5 Å². The van der Waals surface area contributed by atoms with Crippen molar-refractivity contribution < 1.29 is 61.0 Å². The van der Waals surface area contributed by atoms with E-state index in [4.69, 9.17) is 5.11 Å². The van der Waals surface area contributed by atoms with Gasteiger partial charge in [-0.1, -0.05) is 18.6 Å². The number of hydrazone groups is 1. The number of nitrogens with zero attached hydrogens (tertiary/aromatic N) is 3. The summed E-state index contributed by atoms with van der Waals surface area (Å²) in [5.74, 6) is -7.65. The zero-order valence-electron chi connectivity index (χ0n) is 29.1. The number of carbonyl (C=O) groups is 7. The molecule has 2 aromatic rings. The average molecular weight is 790 g/mol. The lowest BCUT2D eigenvalue weighted by atomic mass is 10.1. The smallest absolute Gasteiger partial charge is 0.307 e. The summed E-state index contributed by atoms with van der Waals surface area (Å²) < 4.78 is 46.5. The molecule has 2 aromatic carbocycles. The maximum Gasteiger partial charge on any atom is 0.307 e. The number of nitro groups is 1. The molecule has 6 amide bonds. The van der Waals surface area contributed by atoms with Crippen molar-refractivity contribution >= 4 is 68.6 Å². The van der Waals surface area contributed by atoms with Crippen molar-refractivity contribution in [2.45, 2.75) is 51.5 Å². The Morgan fingerprint density at radius 3 is 2.29 bits per heavy atom. The minimum Gasteiger partial charge on any atom is -0.481 e. The van der Waals surface area contributed by atoms with Gasteiger partial charge in [-0.15, -0.1) is 0 Å². The number of hydrogen-bond acceptors (Lipinski definition) is 12. The van der Waals surface area contributed by atoms with E-state index in [0.717, 1.165) is 35.3 Å². The van der Waals surface area contributed by atoms with Crippen molar-refractivity contribution in [1.82, 2.24) is 21.0 Å². The number of benzene rings is 2. The van der Waals surface area contributed by atoms with E-state index in [1.807, 2.05) is 0 Å². The molecule has 0 radical (unpaired) electrons. The molecule has 55 heavy (non-hydrogen) atoms. The number of carboxylic acid groups (broad SMARTS) is 1. The van der Waals surface area contributed by atoms with Gasteiger partial charge in [0.05, 0.1) is 17.1 Å². The fourth-order valence-corrected chi connectivity index (χ4v) is 5.64. The maximum absolute atomic E-state index is 14.3. The van der Waals surface area contributed by atoms with Crippen molar-refractivity contribution in [3.05, 3.63) is 81.2 Å². The molecule has 0 aromatic heterocycles. The van der Waals surface area contributed by atoms with Gasteiger partial charge in [0, 0.05) is 55.4 Å². The van der Waals surface area contributed by atoms with Gasteiger partial charge in [0.2, 0.25) is 17.7 Å². The lowest BCUT2D eigenvalue weighted by molar-refractivity contribution is -0.385. The van der Waals surface area contributed by atoms with E-state index in [-0.39, 0.29) is 41.9 Å². The zero-order valence-corrected chi connectivity index (χ0v) is 29.9. The van der Waals surface area contributed by atoms with E-state index >= 15 is 0 Å². The Morgan fingerprint density at radius 2 is 1.67 bits per heavy atom. The second-order valence-corrected chi connectivity index (χ2v) is 13.4. The number of unbranched alkanes of at least 4 members (excludes halogenated alkanes) is 2. The minimum atomic E-state index is -4.74. The van der Waals surface area contributed by atoms with Crippen molar-refractivity contribution in [2.75, 3.05) is 24.2 Å². The summed E-state index contributed by atoms with van der Waals surface area (Å²) in [6.45, 7) is 1.16. The molecule has 22 heteroatoms. The molecule has 1 aliphatic rings. The van der Waals surface area contributed by atoms with Crippen LogP contribution in [0.15, 0.2) is 53.7 Å². The van der Waals surface area contributed by atoms with Crippen LogP contribution in [-0.4, -0.2) is 99.9 Å². The molecule has 3 rings (SSSR count). The number of nitrogens with one attached hydrogen (secondary N) is 4. The lowest BCUT2D eigenvalue weighted by Crippen LogP contribution is -2.50. The predicted molar refractivity (Wildman–Crippen MR) is 189 cm³/mol. The number of carbonyl (C=O) groups excluding carboxylic acids is 6. The van der Waals surface area contributed by atoms with E-state index in [1.54, 1.807) is 0 Å². The van der Waals surface area contributed by atoms with Gasteiger partial charge in [-0.2, -0.15) is 13.5 Å². The predicted octanol–water partition coefficient (Wildman–Crippen LogP) is 0.818. The highest BCUT2D eigenvalue weighted by molar-refractivity contribution is 7.85. The van der Waals surface area contributed by atoms with Gasteiger partial charge in [-0.25, -0.2) is 9.82 Å². The molecule has 0 fully saturated rings. The van der Waals surface area contributed by atoms with E-state index in [1.165, 1.54) is 25.1 Å². The monoisotopic (exact) mass is 789 g/mol. The summed E-state index contributed by atoms with van der Waals surface area (Å²) >= 11 is 0. The summed E-state index contributed by atoms with van der Waals surface area (Å²) in [4.78, 5) is 96.3. The van der Waals surface area contributed by atoms with E-state index in [2.05, 4.69) is 26.5 Å². The molecule has 20 nitrogen and oxygen atoms in total. The van der Waals surface area contributed by atoms with Crippen molar-refractivity contribution in [3.63, 3.8) is 0 Å². The van der Waals surface area contributed by atoms with Crippen molar-refractivity contribution in [3.8, 4) is 0 Å². The molecule has 1 aliphatic heterocycles. The first-order chi connectivity index (χ1) is 25.8. The molecular weight excluding hydrogens is 753 g/mol. The molecule has 0 saturated carbocycles. The molecule has 0 aliphatic carbocycles. The summed E-state index contributed by atoms with van der Waals surface area (Å²) in [6.07, 6.45) is 2.24. The van der Waals surface area contributed by atoms with Gasteiger partial charge < -0.3 is 21.1 Å². The van der Waals surface area contributed by atoms with Gasteiger partial charge in [0.1, 0.15) is 23.2 Å². The molecule has 0 unspecified atom stereocenters. The van der Waals surface area contributed by atoms with Crippen molar-refractivity contribution in [2.24, 2.45) is 5.10 Å². The number of anilines is 1. The van der Waals surface area contributed by atoms with Crippen molar-refractivity contribution in [1.29, 1.82) is 0 Å². The van der Waals surface area contributed by atoms with Crippen LogP contribution in [0.25, 0.3) is 0 Å². The third kappa shape index (κ3) is 13.8. The quantitative estimate of drug-likeness (QED) is 0.0271. The molecule has 0 bridgehead atoms. The summed E-state index contributed by atoms with van der Waals surface area (Å²) in [6, 6.07) is 5.00. The van der Waals surface area contributed by atoms with Crippen LogP contribution >= 0.6 is 0 Å². The Morgan fingerprint density at radius 1 is 0.982 bits per heavy atom. The molecular formula is C33H36FN7O13S. The minimum absolute atomic E-state index is 0.0702. The number of nitro benzene ring substituents is 1. The first-order valence-corrected chi connectivity index (χ1v) is 17.9. The SMILES string of the molecule is C/C(=N\NC(=O)c1ccc(NC(=O)CCNC(=O)[C@H](CS(=O)(=O)O)NC(=O)CCCCCN2C(=O)C=CC2=O)cc1[N+](=O)[O-])c1ccc(CC(=O)O)c(F)c1.